The van der Waals surface area contributed by atoms with E-state index < -0.39 is 22.0 Å². The van der Waals surface area contributed by atoms with Gasteiger partial charge in [0.05, 0.1) is 11.4 Å². The number of piperidine rings is 1. The number of carbonyl (C=O) groups excluding carboxylic acids is 2. The van der Waals surface area contributed by atoms with Crippen LogP contribution in [0.4, 0.5) is 10.5 Å². The first-order chi connectivity index (χ1) is 14.3. The number of imide groups is 1. The monoisotopic (exact) mass is 450 g/mol. The minimum atomic E-state index is -3.62. The van der Waals surface area contributed by atoms with Crippen LogP contribution in [-0.4, -0.2) is 50.9 Å². The second-order valence-electron chi connectivity index (χ2n) is 6.99. The van der Waals surface area contributed by atoms with Gasteiger partial charge in [-0.2, -0.15) is 0 Å². The Morgan fingerprint density at radius 2 is 1.63 bits per heavy atom. The Bertz CT molecular complexity index is 976. The Balaban J connectivity index is 1.42. The molecule has 0 saturated carbocycles. The van der Waals surface area contributed by atoms with Gasteiger partial charge in [-0.15, -0.1) is 0 Å². The number of nitrogens with zero attached hydrogens (tertiary/aromatic N) is 1. The number of benzene rings is 2. The van der Waals surface area contributed by atoms with E-state index >= 15 is 0 Å². The van der Waals surface area contributed by atoms with Crippen LogP contribution in [0.15, 0.2) is 59.5 Å². The van der Waals surface area contributed by atoms with Crippen molar-refractivity contribution in [1.82, 2.24) is 14.9 Å². The van der Waals surface area contributed by atoms with E-state index in [2.05, 4.69) is 15.4 Å². The predicted molar refractivity (Wildman–Crippen MR) is 115 cm³/mol. The standard InChI is InChI=1S/C20H23ClN4O4S/c21-15-6-8-18(9-7-15)30(28,29)24-17-10-12-25(13-11-17)14-19(26)23-20(27)22-16-4-2-1-3-5-16/h1-9,17,24H,10-14H2,(H2,22,23,26,27). The molecule has 1 aliphatic rings. The number of para-hydroxylation sites is 1. The summed E-state index contributed by atoms with van der Waals surface area (Å²) < 4.78 is 27.6. The summed E-state index contributed by atoms with van der Waals surface area (Å²) in [6, 6.07) is 14.0. The lowest BCUT2D eigenvalue weighted by Gasteiger charge is -2.31. The van der Waals surface area contributed by atoms with Gasteiger partial charge in [0, 0.05) is 29.8 Å². The molecule has 2 aromatic carbocycles. The average molecular weight is 451 g/mol. The molecule has 1 saturated heterocycles. The summed E-state index contributed by atoms with van der Waals surface area (Å²) in [5.41, 5.74) is 0.594. The number of carbonyl (C=O) groups is 2. The first-order valence-electron chi connectivity index (χ1n) is 9.48. The molecule has 30 heavy (non-hydrogen) atoms. The van der Waals surface area contributed by atoms with Gasteiger partial charge in [0.1, 0.15) is 0 Å². The number of halogens is 1. The van der Waals surface area contributed by atoms with Crippen molar-refractivity contribution in [3.05, 3.63) is 59.6 Å². The zero-order valence-corrected chi connectivity index (χ0v) is 17.7. The molecule has 0 atom stereocenters. The van der Waals surface area contributed by atoms with Crippen molar-refractivity contribution < 1.29 is 18.0 Å². The van der Waals surface area contributed by atoms with E-state index in [1.54, 1.807) is 24.3 Å². The lowest BCUT2D eigenvalue weighted by molar-refractivity contribution is -0.121. The van der Waals surface area contributed by atoms with Crippen LogP contribution < -0.4 is 15.4 Å². The number of hydrogen-bond acceptors (Lipinski definition) is 5. The SMILES string of the molecule is O=C(CN1CCC(NS(=O)(=O)c2ccc(Cl)cc2)CC1)NC(=O)Nc1ccccc1. The average Bonchev–Trinajstić information content (AvgIpc) is 2.70. The van der Waals surface area contributed by atoms with Crippen LogP contribution in [0.1, 0.15) is 12.8 Å². The summed E-state index contributed by atoms with van der Waals surface area (Å²) in [4.78, 5) is 26.0. The lowest BCUT2D eigenvalue weighted by Crippen LogP contribution is -2.48. The minimum Gasteiger partial charge on any atom is -0.308 e. The van der Waals surface area contributed by atoms with Gasteiger partial charge in [-0.25, -0.2) is 17.9 Å². The van der Waals surface area contributed by atoms with Crippen LogP contribution in [0.25, 0.3) is 0 Å². The number of hydrogen-bond donors (Lipinski definition) is 3. The van der Waals surface area contributed by atoms with E-state index in [0.717, 1.165) is 0 Å². The molecule has 1 fully saturated rings. The van der Waals surface area contributed by atoms with Gasteiger partial charge < -0.3 is 5.32 Å². The summed E-state index contributed by atoms with van der Waals surface area (Å²) in [6.07, 6.45) is 1.13. The van der Waals surface area contributed by atoms with Crippen LogP contribution in [-0.2, 0) is 14.8 Å². The third kappa shape index (κ3) is 6.53. The van der Waals surface area contributed by atoms with Crippen LogP contribution in [0.2, 0.25) is 5.02 Å². The molecule has 1 heterocycles. The minimum absolute atomic E-state index is 0.0683. The van der Waals surface area contributed by atoms with Crippen molar-refractivity contribution in [3.8, 4) is 0 Å². The molecule has 3 amide bonds. The molecule has 0 aliphatic carbocycles. The van der Waals surface area contributed by atoms with Crippen molar-refractivity contribution in [3.63, 3.8) is 0 Å². The molecule has 3 rings (SSSR count). The molecule has 8 nitrogen and oxygen atoms in total. The van der Waals surface area contributed by atoms with E-state index in [9.17, 15) is 18.0 Å². The highest BCUT2D eigenvalue weighted by molar-refractivity contribution is 7.89. The summed E-state index contributed by atoms with van der Waals surface area (Å²) >= 11 is 5.80. The molecule has 0 unspecified atom stereocenters. The van der Waals surface area contributed by atoms with Crippen LogP contribution >= 0.6 is 11.6 Å². The normalized spacial score (nSPS) is 15.5. The maximum absolute atomic E-state index is 12.5. The van der Waals surface area contributed by atoms with Crippen molar-refractivity contribution in [2.45, 2.75) is 23.8 Å². The fraction of sp³-hybridized carbons (Fsp3) is 0.300. The molecule has 0 aromatic heterocycles. The topological polar surface area (TPSA) is 108 Å². The van der Waals surface area contributed by atoms with Gasteiger partial charge in [0.25, 0.3) is 0 Å². The van der Waals surface area contributed by atoms with E-state index in [4.69, 9.17) is 11.6 Å². The first-order valence-corrected chi connectivity index (χ1v) is 11.3. The highest BCUT2D eigenvalue weighted by Crippen LogP contribution is 2.17. The molecule has 2 aromatic rings. The molecular formula is C20H23ClN4O4S. The van der Waals surface area contributed by atoms with E-state index in [1.807, 2.05) is 11.0 Å². The van der Waals surface area contributed by atoms with Gasteiger partial charge in [-0.1, -0.05) is 29.8 Å². The fourth-order valence-electron chi connectivity index (χ4n) is 3.16. The smallest absolute Gasteiger partial charge is 0.308 e. The predicted octanol–water partition coefficient (Wildman–Crippen LogP) is 2.43. The van der Waals surface area contributed by atoms with Crippen molar-refractivity contribution in [1.29, 1.82) is 0 Å². The first kappa shape index (κ1) is 22.2. The van der Waals surface area contributed by atoms with Gasteiger partial charge in [0.2, 0.25) is 15.9 Å². The molecular weight excluding hydrogens is 428 g/mol. The number of sulfonamides is 1. The Hall–Kier alpha value is -2.46. The number of anilines is 1. The second kappa shape index (κ2) is 10.0. The van der Waals surface area contributed by atoms with Crippen LogP contribution in [0, 0.1) is 0 Å². The largest absolute Gasteiger partial charge is 0.325 e. The molecule has 1 aliphatic heterocycles. The molecule has 0 radical (unpaired) electrons. The van der Waals surface area contributed by atoms with Crippen LogP contribution in [0.5, 0.6) is 0 Å². The summed E-state index contributed by atoms with van der Waals surface area (Å²) in [6.45, 7) is 1.15. The Labute approximate surface area is 180 Å². The summed E-state index contributed by atoms with van der Waals surface area (Å²) in [5, 5.41) is 5.36. The maximum atomic E-state index is 12.5. The van der Waals surface area contributed by atoms with Crippen molar-refractivity contribution >= 4 is 39.2 Å². The summed E-state index contributed by atoms with van der Waals surface area (Å²) in [5.74, 6) is -0.413. The Morgan fingerprint density at radius 1 is 1.00 bits per heavy atom. The van der Waals surface area contributed by atoms with Crippen molar-refractivity contribution in [2.75, 3.05) is 25.0 Å². The zero-order chi connectivity index (χ0) is 21.6. The van der Waals surface area contributed by atoms with Gasteiger partial charge >= 0.3 is 6.03 Å². The van der Waals surface area contributed by atoms with Crippen LogP contribution in [0.3, 0.4) is 0 Å². The zero-order valence-electron chi connectivity index (χ0n) is 16.2. The van der Waals surface area contributed by atoms with Crippen molar-refractivity contribution in [2.24, 2.45) is 0 Å². The Kier molecular flexibility index (Phi) is 7.43. The molecule has 160 valence electrons. The molecule has 0 spiro atoms. The van der Waals surface area contributed by atoms with Gasteiger partial charge in [0.15, 0.2) is 0 Å². The summed E-state index contributed by atoms with van der Waals surface area (Å²) in [7, 11) is -3.62. The maximum Gasteiger partial charge on any atom is 0.325 e. The molecule has 0 bridgehead atoms. The van der Waals surface area contributed by atoms with E-state index in [0.29, 0.717) is 36.6 Å². The van der Waals surface area contributed by atoms with E-state index in [-0.39, 0.29) is 17.5 Å². The number of amides is 3. The molecule has 3 N–H and O–H groups in total. The second-order valence-corrected chi connectivity index (χ2v) is 9.14. The molecule has 10 heteroatoms. The van der Waals surface area contributed by atoms with E-state index in [1.165, 1.54) is 24.3 Å². The lowest BCUT2D eigenvalue weighted by atomic mass is 10.1. The number of urea groups is 1. The Morgan fingerprint density at radius 3 is 2.27 bits per heavy atom. The third-order valence-corrected chi connectivity index (χ3v) is 6.47. The highest BCUT2D eigenvalue weighted by Gasteiger charge is 2.25. The highest BCUT2D eigenvalue weighted by atomic mass is 35.5. The third-order valence-electron chi connectivity index (χ3n) is 4.69. The van der Waals surface area contributed by atoms with Gasteiger partial charge in [-0.05, 0) is 49.2 Å². The number of likely N-dealkylation sites (tertiary alicyclic amines) is 1. The number of nitrogens with one attached hydrogen (secondary N) is 3. The fourth-order valence-corrected chi connectivity index (χ4v) is 4.59. The quantitative estimate of drug-likeness (QED) is 0.626. The number of rotatable bonds is 6. The van der Waals surface area contributed by atoms with Gasteiger partial charge in [-0.3, -0.25) is 15.0 Å².